The van der Waals surface area contributed by atoms with Crippen molar-refractivity contribution < 1.29 is 42.1 Å². The molecule has 1 aliphatic rings. The molecule has 0 saturated carbocycles. The second kappa shape index (κ2) is 26.7. The van der Waals surface area contributed by atoms with Gasteiger partial charge in [-0.25, -0.2) is 8.75 Å². The van der Waals surface area contributed by atoms with E-state index in [9.17, 15) is 0 Å². The summed E-state index contributed by atoms with van der Waals surface area (Å²) in [5, 5.41) is 0. The van der Waals surface area contributed by atoms with Gasteiger partial charge in [-0.3, -0.25) is 0 Å². The van der Waals surface area contributed by atoms with Gasteiger partial charge in [-0.1, -0.05) is 153 Å². The molecule has 10 aromatic rings. The number of benzene rings is 2. The number of hydrogen-bond donors (Lipinski definition) is 0. The van der Waals surface area contributed by atoms with E-state index in [0.29, 0.717) is 0 Å². The first-order valence-electron chi connectivity index (χ1n) is 27.0. The Hall–Kier alpha value is -2.34. The predicted octanol–water partition coefficient (Wildman–Crippen LogP) is 22.1. The van der Waals surface area contributed by atoms with Crippen LogP contribution in [0.2, 0.25) is 0 Å². The topological polar surface area (TPSA) is 51.6 Å². The summed E-state index contributed by atoms with van der Waals surface area (Å²) in [6.45, 7) is 9.22. The van der Waals surface area contributed by atoms with E-state index in [2.05, 4.69) is 113 Å². The second-order valence-corrected chi connectivity index (χ2v) is 27.6. The Labute approximate surface area is 506 Å². The van der Waals surface area contributed by atoms with Crippen LogP contribution in [0.3, 0.4) is 0 Å². The Morgan fingerprint density at radius 2 is 0.760 bits per heavy atom. The fraction of sp³-hybridized carbons (Fsp3) is 0.410. The molecule has 0 radical (unpaired) electrons. The molecule has 8 aromatic heterocycles. The van der Waals surface area contributed by atoms with E-state index in [4.69, 9.17) is 17.5 Å². The summed E-state index contributed by atoms with van der Waals surface area (Å²) < 4.78 is 20.0. The molecule has 0 fully saturated rings. The zero-order chi connectivity index (χ0) is 49.7. The molecule has 0 atom stereocenters. The van der Waals surface area contributed by atoms with Crippen molar-refractivity contribution in [3.63, 3.8) is 0 Å². The zero-order valence-electron chi connectivity index (χ0n) is 43.4. The van der Waals surface area contributed by atoms with E-state index in [-0.39, 0.29) is 47.5 Å². The van der Waals surface area contributed by atoms with Crippen molar-refractivity contribution in [1.29, 1.82) is 0 Å². The summed E-state index contributed by atoms with van der Waals surface area (Å²) >= 11 is 14.2. The molecule has 0 bridgehead atoms. The molecule has 390 valence electrons. The normalized spacial score (nSPS) is 12.7. The third-order valence-electron chi connectivity index (χ3n) is 14.9. The van der Waals surface area contributed by atoms with Gasteiger partial charge in [-0.15, -0.1) is 80.7 Å². The molecule has 1 aliphatic carbocycles. The molecule has 0 saturated heterocycles. The van der Waals surface area contributed by atoms with Gasteiger partial charge in [0, 0.05) is 109 Å². The van der Waals surface area contributed by atoms with Crippen LogP contribution in [-0.4, -0.2) is 17.5 Å². The number of unbranched alkanes of at least 4 members (excludes halogenated alkanes) is 12. The van der Waals surface area contributed by atoms with Gasteiger partial charge in [0.05, 0.1) is 23.5 Å². The van der Waals surface area contributed by atoms with E-state index in [1.54, 1.807) is 0 Å². The van der Waals surface area contributed by atoms with E-state index in [1.807, 2.05) is 68.0 Å². The van der Waals surface area contributed by atoms with Crippen molar-refractivity contribution >= 4 is 114 Å². The maximum absolute atomic E-state index is 5.02. The molecule has 75 heavy (non-hydrogen) atoms. The predicted molar refractivity (Wildman–Crippen MR) is 325 cm³/mol. The molecule has 0 unspecified atom stereocenters. The monoisotopic (exact) mass is 1480 g/mol. The van der Waals surface area contributed by atoms with Crippen molar-refractivity contribution in [2.45, 2.75) is 162 Å². The summed E-state index contributed by atoms with van der Waals surface area (Å²) in [6, 6.07) is 35.6. The summed E-state index contributed by atoms with van der Waals surface area (Å²) in [6.07, 6.45) is 25.1. The first kappa shape index (κ1) is 57.3. The minimum absolute atomic E-state index is 0. The Morgan fingerprint density at radius 3 is 1.19 bits per heavy atom. The maximum Gasteiger partial charge on any atom is 0.0572 e. The minimum Gasteiger partial charge on any atom is -0.224 e. The van der Waals surface area contributed by atoms with Gasteiger partial charge < -0.3 is 0 Å². The average molecular weight is 1480 g/mol. The third-order valence-corrected chi connectivity index (χ3v) is 23.3. The van der Waals surface area contributed by atoms with E-state index in [1.165, 1.54) is 209 Å². The van der Waals surface area contributed by atoms with Gasteiger partial charge in [-0.2, -0.15) is 31.4 Å². The number of rotatable bonds is 26. The Balaban J connectivity index is 0.00000344. The molecule has 0 N–H and O–H groups in total. The van der Waals surface area contributed by atoms with Crippen LogP contribution in [0.15, 0.2) is 72.8 Å². The smallest absolute Gasteiger partial charge is 0.0572 e. The maximum atomic E-state index is 5.02. The number of fused-ring (bicyclic) bond motifs is 5. The summed E-state index contributed by atoms with van der Waals surface area (Å²) in [4.78, 5) is 16.2. The standard InChI is InChI=1S/C61H64N4S8.2W/c1-5-9-13-17-21-39-23-29-49(66-39)51-33-31-47(68-51)41-25-27-43(57-55(41)62-72-64-57)53-37-45-59(70-53)60-46(61(45,35-19-15-11-7-3)36-20-16-12-8-4)38-54(71-60)44-28-26-42(56-58(44)65-73-63-56)48-32-34-52(69-48)50-30-24-40(67-50)22-18-14-10-6-2;;/h23-26,29-34,37-38H,5-22,35-36H2,1-4H3;;/q-2;;. The first-order chi connectivity index (χ1) is 36.0. The summed E-state index contributed by atoms with van der Waals surface area (Å²) in [5.74, 6) is 0. The third kappa shape index (κ3) is 12.1. The first-order valence-corrected chi connectivity index (χ1v) is 33.4. The van der Waals surface area contributed by atoms with Gasteiger partial charge in [0.2, 0.25) is 0 Å². The molecule has 14 heteroatoms. The molecule has 0 spiro atoms. The largest absolute Gasteiger partial charge is 0.224 e. The van der Waals surface area contributed by atoms with Crippen molar-refractivity contribution in [3.05, 3.63) is 106 Å². The van der Waals surface area contributed by atoms with Crippen molar-refractivity contribution in [3.8, 4) is 71.0 Å². The van der Waals surface area contributed by atoms with Crippen molar-refractivity contribution in [1.82, 2.24) is 17.5 Å². The van der Waals surface area contributed by atoms with Gasteiger partial charge in [0.1, 0.15) is 0 Å². The van der Waals surface area contributed by atoms with Crippen LogP contribution in [0.5, 0.6) is 0 Å². The Morgan fingerprint density at radius 1 is 0.387 bits per heavy atom. The minimum atomic E-state index is -0.0521. The van der Waals surface area contributed by atoms with E-state index in [0.717, 1.165) is 57.2 Å². The molecular formula is C61H64N4S8W2-2. The van der Waals surface area contributed by atoms with E-state index < -0.39 is 0 Å². The van der Waals surface area contributed by atoms with Crippen LogP contribution in [0.4, 0.5) is 0 Å². The molecule has 8 heterocycles. The molecule has 2 aromatic carbocycles. The molecule has 11 rings (SSSR count). The Kier molecular flexibility index (Phi) is 20.4. The quantitative estimate of drug-likeness (QED) is 0.0400. The average Bonchev–Trinajstić information content (AvgIpc) is 4.28. The molecule has 0 amide bonds. The number of aryl methyl sites for hydroxylation is 2. The SMILES string of the molecule is CCCCCCc1ccc(-c2ccc(-c3c[c-]c(-c4cc5c(s4)-c4sc(-c6[c-]cc(-c7ccc(-c8ccc(CCCCCC)s8)s7)c7nsnc67)cc4C5(CCCCCC)CCCCCC)c4nsnc34)s2)s1.[W].[W]. The number of hydrogen-bond acceptors (Lipinski definition) is 12. The van der Waals surface area contributed by atoms with E-state index >= 15 is 0 Å². The van der Waals surface area contributed by atoms with Gasteiger partial charge >= 0.3 is 0 Å². The molecule has 0 aliphatic heterocycles. The van der Waals surface area contributed by atoms with Gasteiger partial charge in [-0.05, 0) is 106 Å². The fourth-order valence-electron chi connectivity index (χ4n) is 10.9. The van der Waals surface area contributed by atoms with Crippen LogP contribution >= 0.6 is 91.5 Å². The van der Waals surface area contributed by atoms with Crippen molar-refractivity contribution in [2.75, 3.05) is 0 Å². The summed E-state index contributed by atoms with van der Waals surface area (Å²) in [5.41, 5.74) is 11.3. The second-order valence-electron chi connectivity index (χ2n) is 20.0. The van der Waals surface area contributed by atoms with Crippen LogP contribution < -0.4 is 0 Å². The Bertz CT molecular complexity index is 3200. The number of aromatic nitrogens is 4. The fourth-order valence-corrected chi connectivity index (χ4v) is 19.1. The molecule has 4 nitrogen and oxygen atoms in total. The van der Waals surface area contributed by atoms with Crippen LogP contribution in [0.25, 0.3) is 93.1 Å². The van der Waals surface area contributed by atoms with Gasteiger partial charge in [0.25, 0.3) is 0 Å². The van der Waals surface area contributed by atoms with Crippen LogP contribution in [-0.2, 0) is 60.4 Å². The molecular weight excluding hydrogens is 1410 g/mol. The summed E-state index contributed by atoms with van der Waals surface area (Å²) in [7, 11) is 0. The van der Waals surface area contributed by atoms with Gasteiger partial charge in [0.15, 0.2) is 0 Å². The number of thiophene rings is 6. The van der Waals surface area contributed by atoms with Crippen molar-refractivity contribution in [2.24, 2.45) is 0 Å². The van der Waals surface area contributed by atoms with Crippen LogP contribution in [0.1, 0.15) is 164 Å². The van der Waals surface area contributed by atoms with Crippen LogP contribution in [0, 0.1) is 12.1 Å². The zero-order valence-corrected chi connectivity index (χ0v) is 55.8. The number of nitrogens with zero attached hydrogens (tertiary/aromatic N) is 4.